The van der Waals surface area contributed by atoms with Crippen molar-refractivity contribution < 1.29 is 14.3 Å². The average Bonchev–Trinajstić information content (AvgIpc) is 2.45. The number of nitrogens with two attached hydrogens (primary N) is 1. The first-order valence-corrected chi connectivity index (χ1v) is 9.49. The standard InChI is InChI=1S/C19H37N3O3/c1-12(2)16(20)17(23)21-14-8-10-15(11-9-14)22(13(3)4)18(24)25-19(5,6)7/h12-16H,8-11,20H2,1-7H3,(H,21,23). The van der Waals surface area contributed by atoms with Gasteiger partial charge in [0.1, 0.15) is 5.60 Å². The van der Waals surface area contributed by atoms with Crippen molar-refractivity contribution in [2.45, 2.75) is 104 Å². The minimum absolute atomic E-state index is 0.0775. The summed E-state index contributed by atoms with van der Waals surface area (Å²) in [6.07, 6.45) is 3.18. The van der Waals surface area contributed by atoms with Crippen molar-refractivity contribution in [1.82, 2.24) is 10.2 Å². The summed E-state index contributed by atoms with van der Waals surface area (Å²) in [7, 11) is 0. The number of carbonyl (C=O) groups excluding carboxylic acids is 2. The topological polar surface area (TPSA) is 84.7 Å². The highest BCUT2D eigenvalue weighted by atomic mass is 16.6. The largest absolute Gasteiger partial charge is 0.444 e. The van der Waals surface area contributed by atoms with Crippen LogP contribution in [0.3, 0.4) is 0 Å². The van der Waals surface area contributed by atoms with Gasteiger partial charge in [-0.05, 0) is 66.2 Å². The van der Waals surface area contributed by atoms with Gasteiger partial charge in [-0.25, -0.2) is 4.79 Å². The van der Waals surface area contributed by atoms with Gasteiger partial charge in [-0.2, -0.15) is 0 Å². The Bertz CT molecular complexity index is 449. The maximum absolute atomic E-state index is 12.5. The van der Waals surface area contributed by atoms with E-state index in [0.29, 0.717) is 0 Å². The maximum Gasteiger partial charge on any atom is 0.410 e. The predicted octanol–water partition coefficient (Wildman–Crippen LogP) is 3.04. The molecule has 0 aliphatic heterocycles. The first-order valence-electron chi connectivity index (χ1n) is 9.49. The molecule has 0 aromatic carbocycles. The van der Waals surface area contributed by atoms with E-state index in [9.17, 15) is 9.59 Å². The summed E-state index contributed by atoms with van der Waals surface area (Å²) in [6, 6.07) is -0.0880. The summed E-state index contributed by atoms with van der Waals surface area (Å²) in [5, 5.41) is 3.06. The molecule has 0 bridgehead atoms. The first-order chi connectivity index (χ1) is 11.4. The van der Waals surface area contributed by atoms with Gasteiger partial charge in [-0.15, -0.1) is 0 Å². The van der Waals surface area contributed by atoms with Crippen LogP contribution in [0.5, 0.6) is 0 Å². The van der Waals surface area contributed by atoms with E-state index in [0.717, 1.165) is 25.7 Å². The van der Waals surface area contributed by atoms with Gasteiger partial charge in [0.2, 0.25) is 5.91 Å². The van der Waals surface area contributed by atoms with E-state index in [2.05, 4.69) is 5.32 Å². The molecule has 146 valence electrons. The molecule has 0 heterocycles. The Morgan fingerprint density at radius 3 is 2.00 bits per heavy atom. The molecule has 0 saturated heterocycles. The molecule has 1 aliphatic rings. The van der Waals surface area contributed by atoms with Crippen molar-refractivity contribution in [1.29, 1.82) is 0 Å². The second-order valence-corrected chi connectivity index (χ2v) is 8.77. The normalized spacial score (nSPS) is 22.6. The van der Waals surface area contributed by atoms with E-state index in [1.807, 2.05) is 53.4 Å². The molecule has 0 spiro atoms. The molecule has 25 heavy (non-hydrogen) atoms. The molecule has 6 heteroatoms. The third-order valence-corrected chi connectivity index (χ3v) is 4.62. The van der Waals surface area contributed by atoms with Crippen LogP contribution in [0.25, 0.3) is 0 Å². The van der Waals surface area contributed by atoms with Gasteiger partial charge in [-0.3, -0.25) is 4.79 Å². The lowest BCUT2D eigenvalue weighted by Crippen LogP contribution is -2.52. The third kappa shape index (κ3) is 6.84. The van der Waals surface area contributed by atoms with E-state index in [1.165, 1.54) is 0 Å². The van der Waals surface area contributed by atoms with Crippen LogP contribution in [0, 0.1) is 5.92 Å². The van der Waals surface area contributed by atoms with Crippen molar-refractivity contribution >= 4 is 12.0 Å². The molecule has 2 amide bonds. The van der Waals surface area contributed by atoms with Crippen LogP contribution < -0.4 is 11.1 Å². The molecule has 1 saturated carbocycles. The Kier molecular flexibility index (Phi) is 7.72. The van der Waals surface area contributed by atoms with Crippen molar-refractivity contribution in [3.63, 3.8) is 0 Å². The molecule has 0 aromatic rings. The fourth-order valence-electron chi connectivity index (χ4n) is 3.19. The van der Waals surface area contributed by atoms with E-state index in [4.69, 9.17) is 10.5 Å². The van der Waals surface area contributed by atoms with Gasteiger partial charge in [0.05, 0.1) is 6.04 Å². The lowest BCUT2D eigenvalue weighted by atomic mass is 9.89. The van der Waals surface area contributed by atoms with Gasteiger partial charge in [0, 0.05) is 18.1 Å². The molecule has 1 atom stereocenters. The summed E-state index contributed by atoms with van der Waals surface area (Å²) in [5.41, 5.74) is 5.41. The average molecular weight is 356 g/mol. The summed E-state index contributed by atoms with van der Waals surface area (Å²) >= 11 is 0. The molecular weight excluding hydrogens is 318 g/mol. The summed E-state index contributed by atoms with van der Waals surface area (Å²) in [5.74, 6) is 0.0475. The molecule has 1 fully saturated rings. The minimum Gasteiger partial charge on any atom is -0.444 e. The lowest BCUT2D eigenvalue weighted by molar-refractivity contribution is -0.124. The zero-order valence-electron chi connectivity index (χ0n) is 17.0. The zero-order valence-corrected chi connectivity index (χ0v) is 17.0. The smallest absolute Gasteiger partial charge is 0.410 e. The fourth-order valence-corrected chi connectivity index (χ4v) is 3.19. The lowest BCUT2D eigenvalue weighted by Gasteiger charge is -2.40. The number of nitrogens with one attached hydrogen (secondary N) is 1. The van der Waals surface area contributed by atoms with Gasteiger partial charge in [-0.1, -0.05) is 13.8 Å². The van der Waals surface area contributed by atoms with Gasteiger partial charge < -0.3 is 20.7 Å². The van der Waals surface area contributed by atoms with Crippen molar-refractivity contribution in [2.24, 2.45) is 11.7 Å². The molecule has 0 radical (unpaired) electrons. The zero-order chi connectivity index (χ0) is 19.4. The Labute approximate surface area is 152 Å². The van der Waals surface area contributed by atoms with Crippen LogP contribution in [0.1, 0.15) is 74.1 Å². The van der Waals surface area contributed by atoms with E-state index >= 15 is 0 Å². The molecule has 3 N–H and O–H groups in total. The highest BCUT2D eigenvalue weighted by Crippen LogP contribution is 2.26. The molecule has 1 rings (SSSR count). The summed E-state index contributed by atoms with van der Waals surface area (Å²) in [4.78, 5) is 26.5. The number of nitrogens with zero attached hydrogens (tertiary/aromatic N) is 1. The van der Waals surface area contributed by atoms with E-state index in [1.54, 1.807) is 0 Å². The highest BCUT2D eigenvalue weighted by molar-refractivity contribution is 5.82. The second-order valence-electron chi connectivity index (χ2n) is 8.77. The van der Waals surface area contributed by atoms with Gasteiger partial charge in [0.15, 0.2) is 0 Å². The first kappa shape index (κ1) is 21.7. The third-order valence-electron chi connectivity index (χ3n) is 4.62. The maximum atomic E-state index is 12.5. The van der Waals surface area contributed by atoms with E-state index in [-0.39, 0.29) is 36.0 Å². The molecule has 6 nitrogen and oxygen atoms in total. The highest BCUT2D eigenvalue weighted by Gasteiger charge is 2.34. The Hall–Kier alpha value is -1.30. The fraction of sp³-hybridized carbons (Fsp3) is 0.895. The Balaban J connectivity index is 2.60. The van der Waals surface area contributed by atoms with Crippen LogP contribution in [0.2, 0.25) is 0 Å². The quantitative estimate of drug-likeness (QED) is 0.794. The van der Waals surface area contributed by atoms with Crippen molar-refractivity contribution in [3.8, 4) is 0 Å². The minimum atomic E-state index is -0.498. The van der Waals surface area contributed by atoms with Crippen molar-refractivity contribution in [2.75, 3.05) is 0 Å². The van der Waals surface area contributed by atoms with Crippen LogP contribution >= 0.6 is 0 Å². The Morgan fingerprint density at radius 2 is 1.60 bits per heavy atom. The summed E-state index contributed by atoms with van der Waals surface area (Å²) < 4.78 is 5.56. The number of hydrogen-bond donors (Lipinski definition) is 2. The second kappa shape index (κ2) is 8.88. The molecule has 1 aliphatic carbocycles. The van der Waals surface area contributed by atoms with E-state index < -0.39 is 11.6 Å². The van der Waals surface area contributed by atoms with Crippen LogP contribution in [0.15, 0.2) is 0 Å². The molecular formula is C19H37N3O3. The number of amides is 2. The van der Waals surface area contributed by atoms with Crippen molar-refractivity contribution in [3.05, 3.63) is 0 Å². The number of rotatable bonds is 5. The van der Waals surface area contributed by atoms with Crippen LogP contribution in [0.4, 0.5) is 4.79 Å². The molecule has 1 unspecified atom stereocenters. The van der Waals surface area contributed by atoms with Crippen LogP contribution in [-0.4, -0.2) is 46.7 Å². The van der Waals surface area contributed by atoms with Crippen LogP contribution in [-0.2, 0) is 9.53 Å². The summed E-state index contributed by atoms with van der Waals surface area (Å²) in [6.45, 7) is 13.6. The number of ether oxygens (including phenoxy) is 1. The number of hydrogen-bond acceptors (Lipinski definition) is 4. The van der Waals surface area contributed by atoms with Gasteiger partial charge >= 0.3 is 6.09 Å². The monoisotopic (exact) mass is 355 g/mol. The molecule has 0 aromatic heterocycles. The van der Waals surface area contributed by atoms with Gasteiger partial charge in [0.25, 0.3) is 0 Å². The Morgan fingerprint density at radius 1 is 1.08 bits per heavy atom. The predicted molar refractivity (Wildman–Crippen MR) is 100 cm³/mol. The SMILES string of the molecule is CC(C)C(N)C(=O)NC1CCC(N(C(=O)OC(C)(C)C)C(C)C)CC1. The number of carbonyl (C=O) groups is 2.